The minimum Gasteiger partial charge on any atom is -0.387 e. The smallest absolute Gasteiger partial charge is 0.271 e. The Balaban J connectivity index is 1.41. The molecule has 0 N–H and O–H groups in total. The molecule has 1 atom stereocenters. The molecule has 0 unspecified atom stereocenters. The number of pyridine rings is 1. The van der Waals surface area contributed by atoms with E-state index in [0.717, 1.165) is 17.8 Å². The molecule has 0 radical (unpaired) electrons. The molecule has 1 aromatic carbocycles. The second-order valence-electron chi connectivity index (χ2n) is 7.51. The summed E-state index contributed by atoms with van der Waals surface area (Å²) in [5.74, 6) is -0.783. The van der Waals surface area contributed by atoms with E-state index in [2.05, 4.69) is 10.1 Å². The van der Waals surface area contributed by atoms with Crippen LogP contribution in [0.2, 0.25) is 0 Å². The third kappa shape index (κ3) is 3.92. The predicted molar refractivity (Wildman–Crippen MR) is 106 cm³/mol. The number of halogens is 1. The summed E-state index contributed by atoms with van der Waals surface area (Å²) in [7, 11) is -2.12. The molecule has 158 valence electrons. The Bertz CT molecular complexity index is 1080. The van der Waals surface area contributed by atoms with Gasteiger partial charge in [-0.05, 0) is 36.4 Å². The van der Waals surface area contributed by atoms with Crippen LogP contribution in [-0.2, 0) is 26.2 Å². The number of carbonyl (C=O) groups is 1. The average molecular weight is 432 g/mol. The van der Waals surface area contributed by atoms with Crippen LogP contribution in [0.5, 0.6) is 0 Å². The van der Waals surface area contributed by atoms with Crippen molar-refractivity contribution in [2.45, 2.75) is 29.9 Å². The number of sulfonamides is 1. The Morgan fingerprint density at radius 3 is 2.73 bits per heavy atom. The van der Waals surface area contributed by atoms with Gasteiger partial charge in [0.15, 0.2) is 5.60 Å². The number of oxime groups is 1. The van der Waals surface area contributed by atoms with Gasteiger partial charge in [-0.2, -0.15) is 4.31 Å². The van der Waals surface area contributed by atoms with Gasteiger partial charge < -0.3 is 9.74 Å². The van der Waals surface area contributed by atoms with Gasteiger partial charge in [0, 0.05) is 32.6 Å². The van der Waals surface area contributed by atoms with Crippen LogP contribution >= 0.6 is 0 Å². The van der Waals surface area contributed by atoms with Crippen molar-refractivity contribution in [1.82, 2.24) is 14.2 Å². The number of aromatic nitrogens is 1. The first kappa shape index (κ1) is 20.4. The first-order valence-electron chi connectivity index (χ1n) is 9.45. The zero-order valence-corrected chi connectivity index (χ0v) is 17.2. The van der Waals surface area contributed by atoms with Crippen LogP contribution < -0.4 is 0 Å². The Kier molecular flexibility index (Phi) is 5.29. The molecule has 0 bridgehead atoms. The van der Waals surface area contributed by atoms with E-state index in [1.54, 1.807) is 19.3 Å². The van der Waals surface area contributed by atoms with Crippen LogP contribution in [0.1, 0.15) is 18.5 Å². The van der Waals surface area contributed by atoms with E-state index in [9.17, 15) is 17.6 Å². The standard InChI is InChI=1S/C20H21FN4O4S/c1-24(13-16-4-2-3-10-22-16)19(26)18-12-20(29-23-18)9-11-25(14-20)30(27,28)17-7-5-15(21)6-8-17/h2-8,10H,9,11-14H2,1H3/t20-/m1/s1. The number of nitrogens with zero attached hydrogens (tertiary/aromatic N) is 4. The monoisotopic (exact) mass is 432 g/mol. The SMILES string of the molecule is CN(Cc1ccccn1)C(=O)C1=NO[C@]2(CCN(S(=O)(=O)c3ccc(F)cc3)C2)C1. The number of amides is 1. The number of hydrogen-bond donors (Lipinski definition) is 0. The van der Waals surface area contributed by atoms with Crippen molar-refractivity contribution in [3.63, 3.8) is 0 Å². The Hall–Kier alpha value is -2.85. The predicted octanol–water partition coefficient (Wildman–Crippen LogP) is 1.79. The highest BCUT2D eigenvalue weighted by atomic mass is 32.2. The lowest BCUT2D eigenvalue weighted by molar-refractivity contribution is -0.123. The zero-order valence-electron chi connectivity index (χ0n) is 16.4. The fourth-order valence-corrected chi connectivity index (χ4v) is 5.17. The zero-order chi connectivity index (χ0) is 21.4. The van der Waals surface area contributed by atoms with Gasteiger partial charge in [0.2, 0.25) is 10.0 Å². The van der Waals surface area contributed by atoms with E-state index in [-0.39, 0.29) is 36.0 Å². The first-order chi connectivity index (χ1) is 14.3. The highest BCUT2D eigenvalue weighted by Gasteiger charge is 2.50. The van der Waals surface area contributed by atoms with Crippen LogP contribution in [0.3, 0.4) is 0 Å². The van der Waals surface area contributed by atoms with Crippen LogP contribution in [0, 0.1) is 5.82 Å². The summed E-state index contributed by atoms with van der Waals surface area (Å²) in [5.41, 5.74) is 0.152. The van der Waals surface area contributed by atoms with Crippen LogP contribution in [0.15, 0.2) is 58.7 Å². The molecule has 2 aromatic rings. The summed E-state index contributed by atoms with van der Waals surface area (Å²) in [4.78, 5) is 24.0. The molecule has 4 rings (SSSR count). The molecule has 0 saturated carbocycles. The molecule has 1 aromatic heterocycles. The van der Waals surface area contributed by atoms with E-state index >= 15 is 0 Å². The highest BCUT2D eigenvalue weighted by Crippen LogP contribution is 2.36. The maximum Gasteiger partial charge on any atom is 0.271 e. The molecule has 1 spiro atoms. The van der Waals surface area contributed by atoms with Gasteiger partial charge in [0.05, 0.1) is 23.7 Å². The van der Waals surface area contributed by atoms with E-state index < -0.39 is 21.4 Å². The maximum atomic E-state index is 13.1. The first-order valence-corrected chi connectivity index (χ1v) is 10.9. The Morgan fingerprint density at radius 1 is 1.27 bits per heavy atom. The van der Waals surface area contributed by atoms with Crippen molar-refractivity contribution in [2.75, 3.05) is 20.1 Å². The van der Waals surface area contributed by atoms with Gasteiger partial charge >= 0.3 is 0 Å². The van der Waals surface area contributed by atoms with Gasteiger partial charge in [0.1, 0.15) is 11.5 Å². The Labute approximate surface area is 174 Å². The molecule has 10 heteroatoms. The molecule has 8 nitrogen and oxygen atoms in total. The summed E-state index contributed by atoms with van der Waals surface area (Å²) < 4.78 is 40.1. The van der Waals surface area contributed by atoms with E-state index in [4.69, 9.17) is 4.84 Å². The van der Waals surface area contributed by atoms with E-state index in [1.807, 2.05) is 12.1 Å². The molecule has 1 fully saturated rings. The number of rotatable bonds is 5. The third-order valence-corrected chi connectivity index (χ3v) is 7.15. The molecular formula is C20H21FN4O4S. The summed E-state index contributed by atoms with van der Waals surface area (Å²) >= 11 is 0. The van der Waals surface area contributed by atoms with Crippen molar-refractivity contribution in [2.24, 2.45) is 5.16 Å². The van der Waals surface area contributed by atoms with E-state index in [0.29, 0.717) is 13.0 Å². The van der Waals surface area contributed by atoms with Crippen LogP contribution in [-0.4, -0.2) is 60.0 Å². The lowest BCUT2D eigenvalue weighted by Gasteiger charge is -2.22. The lowest BCUT2D eigenvalue weighted by Crippen LogP contribution is -2.39. The van der Waals surface area contributed by atoms with Crippen LogP contribution in [0.25, 0.3) is 0 Å². The molecule has 1 saturated heterocycles. The normalized spacial score (nSPS) is 21.5. The van der Waals surface area contributed by atoms with Gasteiger partial charge in [-0.15, -0.1) is 0 Å². The number of carbonyl (C=O) groups excluding carboxylic acids is 1. The molecular weight excluding hydrogens is 411 g/mol. The van der Waals surface area contributed by atoms with Gasteiger partial charge in [-0.1, -0.05) is 11.2 Å². The quantitative estimate of drug-likeness (QED) is 0.718. The minimum atomic E-state index is -3.78. The summed E-state index contributed by atoms with van der Waals surface area (Å²) in [6, 6.07) is 10.2. The van der Waals surface area contributed by atoms with Gasteiger partial charge in [-0.25, -0.2) is 12.8 Å². The third-order valence-electron chi connectivity index (χ3n) is 5.29. The second kappa shape index (κ2) is 7.77. The van der Waals surface area contributed by atoms with Crippen molar-refractivity contribution >= 4 is 21.6 Å². The van der Waals surface area contributed by atoms with Crippen molar-refractivity contribution in [3.05, 3.63) is 60.2 Å². The maximum absolute atomic E-state index is 13.1. The van der Waals surface area contributed by atoms with Gasteiger partial charge in [-0.3, -0.25) is 9.78 Å². The van der Waals surface area contributed by atoms with Crippen molar-refractivity contribution < 1.29 is 22.4 Å². The molecule has 2 aliphatic rings. The summed E-state index contributed by atoms with van der Waals surface area (Å²) in [6.45, 7) is 0.647. The molecule has 3 heterocycles. The average Bonchev–Trinajstić information content (AvgIpc) is 3.36. The van der Waals surface area contributed by atoms with Crippen molar-refractivity contribution in [3.8, 4) is 0 Å². The molecule has 30 heavy (non-hydrogen) atoms. The largest absolute Gasteiger partial charge is 0.387 e. The topological polar surface area (TPSA) is 92.2 Å². The summed E-state index contributed by atoms with van der Waals surface area (Å²) in [5, 5.41) is 3.97. The Morgan fingerprint density at radius 2 is 2.03 bits per heavy atom. The fourth-order valence-electron chi connectivity index (χ4n) is 3.65. The molecule has 0 aliphatic carbocycles. The number of benzene rings is 1. The second-order valence-corrected chi connectivity index (χ2v) is 9.45. The lowest BCUT2D eigenvalue weighted by atomic mass is 9.96. The highest BCUT2D eigenvalue weighted by molar-refractivity contribution is 7.89. The van der Waals surface area contributed by atoms with Crippen LogP contribution in [0.4, 0.5) is 4.39 Å². The van der Waals surface area contributed by atoms with E-state index in [1.165, 1.54) is 21.3 Å². The minimum absolute atomic E-state index is 0.0197. The fraction of sp³-hybridized carbons (Fsp3) is 0.350. The van der Waals surface area contributed by atoms with Crippen molar-refractivity contribution in [1.29, 1.82) is 0 Å². The molecule has 2 aliphatic heterocycles. The molecule has 1 amide bonds. The summed E-state index contributed by atoms with van der Waals surface area (Å²) in [6.07, 6.45) is 2.30. The van der Waals surface area contributed by atoms with Gasteiger partial charge in [0.25, 0.3) is 5.91 Å². The number of hydrogen-bond acceptors (Lipinski definition) is 6.